The Morgan fingerprint density at radius 1 is 1.02 bits per heavy atom. The van der Waals surface area contributed by atoms with Crippen molar-refractivity contribution in [2.45, 2.75) is 68.7 Å². The van der Waals surface area contributed by atoms with Gasteiger partial charge in [-0.15, -0.1) is 11.3 Å². The van der Waals surface area contributed by atoms with E-state index < -0.39 is 81.6 Å². The number of aliphatic carboxylic acids is 1. The predicted molar refractivity (Wildman–Crippen MR) is 207 cm³/mol. The highest BCUT2D eigenvalue weighted by atomic mass is 32.2. The molecule has 5 N–H and O–H groups in total. The molecular formula is C37H42N8O10S2. The summed E-state index contributed by atoms with van der Waals surface area (Å²) >= 11 is 1.78. The van der Waals surface area contributed by atoms with Crippen LogP contribution >= 0.6 is 23.1 Å². The number of ether oxygens (including phenoxy) is 2. The predicted octanol–water partition coefficient (Wildman–Crippen LogP) is 3.36. The van der Waals surface area contributed by atoms with Gasteiger partial charge < -0.3 is 29.6 Å². The number of thioether (sulfide) groups is 1. The van der Waals surface area contributed by atoms with Gasteiger partial charge in [0.1, 0.15) is 22.7 Å². The van der Waals surface area contributed by atoms with Crippen LogP contribution in [0.15, 0.2) is 71.2 Å². The van der Waals surface area contributed by atoms with Gasteiger partial charge in [0, 0.05) is 17.8 Å². The van der Waals surface area contributed by atoms with Gasteiger partial charge >= 0.3 is 24.1 Å². The molecule has 3 aromatic rings. The summed E-state index contributed by atoms with van der Waals surface area (Å²) in [6, 6.07) is 16.3. The van der Waals surface area contributed by atoms with Crippen LogP contribution in [0.25, 0.3) is 0 Å². The normalized spacial score (nSPS) is 21.3. The van der Waals surface area contributed by atoms with E-state index in [2.05, 4.69) is 20.8 Å². The zero-order valence-corrected chi connectivity index (χ0v) is 33.2. The lowest BCUT2D eigenvalue weighted by Gasteiger charge is -2.41. The molecular weight excluding hydrogens is 781 g/mol. The average Bonchev–Trinajstić information content (AvgIpc) is 3.87. The number of carbonyl (C=O) groups is 6. The number of oxime groups is 1. The molecule has 1 aromatic heterocycles. The number of carbonyl (C=O) groups excluding carboxylic acids is 5. The van der Waals surface area contributed by atoms with Crippen LogP contribution < -0.4 is 16.5 Å². The zero-order valence-electron chi connectivity index (χ0n) is 31.6. The molecule has 0 bridgehead atoms. The Labute approximate surface area is 335 Å². The van der Waals surface area contributed by atoms with Crippen LogP contribution in [0.1, 0.15) is 57.5 Å². The van der Waals surface area contributed by atoms with Crippen molar-refractivity contribution >= 4 is 69.8 Å². The minimum absolute atomic E-state index is 0.0228. The number of nitrogens with one attached hydrogen (secondary N) is 2. The van der Waals surface area contributed by atoms with Gasteiger partial charge in [-0.3, -0.25) is 24.8 Å². The molecule has 0 spiro atoms. The molecule has 57 heavy (non-hydrogen) atoms. The van der Waals surface area contributed by atoms with Crippen molar-refractivity contribution in [1.29, 1.82) is 0 Å². The first-order valence-corrected chi connectivity index (χ1v) is 19.6. The maximum absolute atomic E-state index is 14.1. The summed E-state index contributed by atoms with van der Waals surface area (Å²) in [5.74, 6) is 1.53. The fourth-order valence-electron chi connectivity index (χ4n) is 6.25. The quantitative estimate of drug-likeness (QED) is 0.0484. The highest BCUT2D eigenvalue weighted by Gasteiger charge is 2.66. The first-order chi connectivity index (χ1) is 27.0. The zero-order chi connectivity index (χ0) is 41.2. The number of carboxylic acids is 1. The van der Waals surface area contributed by atoms with E-state index in [0.29, 0.717) is 11.1 Å². The van der Waals surface area contributed by atoms with Crippen molar-refractivity contribution < 1.29 is 48.2 Å². The number of benzene rings is 2. The first-order valence-electron chi connectivity index (χ1n) is 17.9. The SMILES string of the molecule is CC(C)C(O/N=C(\C(=O)N[C@@H]1C(=O)N2C[C@@](C(=O)O)(N3CCN(N)C3=O)S[C@H]12)c1csc(NC(=O)OC(C)(C)C)n1)C(=O)OC(c1ccccc1)c1ccccc1. The average molecular weight is 823 g/mol. The number of hydrogen-bond donors (Lipinski definition) is 4. The van der Waals surface area contributed by atoms with Crippen LogP contribution in [0.3, 0.4) is 0 Å². The monoisotopic (exact) mass is 822 g/mol. The summed E-state index contributed by atoms with van der Waals surface area (Å²) in [5.41, 5.74) is 0.0640. The topological polar surface area (TPSA) is 235 Å². The third kappa shape index (κ3) is 8.66. The number of aromatic nitrogens is 1. The van der Waals surface area contributed by atoms with Crippen molar-refractivity contribution in [3.8, 4) is 0 Å². The molecule has 0 aliphatic carbocycles. The molecule has 3 fully saturated rings. The van der Waals surface area contributed by atoms with E-state index >= 15 is 0 Å². The fraction of sp³-hybridized carbons (Fsp3) is 0.405. The summed E-state index contributed by atoms with van der Waals surface area (Å²) in [5, 5.41) is 21.0. The number of fused-ring (bicyclic) bond motifs is 1. The molecule has 302 valence electrons. The van der Waals surface area contributed by atoms with Crippen LogP contribution in [0, 0.1) is 5.92 Å². The number of urea groups is 1. The number of nitrogens with two attached hydrogens (primary N) is 1. The van der Waals surface area contributed by atoms with Gasteiger partial charge in [0.05, 0.1) is 13.1 Å². The van der Waals surface area contributed by atoms with Crippen molar-refractivity contribution in [2.24, 2.45) is 16.9 Å². The Hall–Kier alpha value is -5.73. The molecule has 1 unspecified atom stereocenters. The van der Waals surface area contributed by atoms with Crippen molar-refractivity contribution in [3.63, 3.8) is 0 Å². The highest BCUT2D eigenvalue weighted by molar-refractivity contribution is 8.02. The maximum atomic E-state index is 14.1. The minimum Gasteiger partial charge on any atom is -0.479 e. The molecule has 3 aliphatic rings. The van der Waals surface area contributed by atoms with Crippen molar-refractivity contribution in [1.82, 2.24) is 25.1 Å². The number of hydrogen-bond acceptors (Lipinski definition) is 14. The van der Waals surface area contributed by atoms with E-state index in [9.17, 15) is 33.9 Å². The standard InChI is InChI=1S/C37H42N8O10S2/c1-20(2)26(31(48)53-27(21-12-8-6-9-13-21)22-14-10-7-11-15-22)55-42-24(23-18-56-33(39-23)41-34(51)54-36(3,4)5)28(46)40-25-29(47)43-19-37(32(49)50,57-30(25)43)44-16-17-45(38)35(44)52/h6-15,18,20,25-27,30H,16-17,19,38H2,1-5H3,(H,40,46)(H,49,50)(H,39,41,51)/b42-24-/t25-,26?,30-,37-/m1/s1. The molecule has 20 heteroatoms. The summed E-state index contributed by atoms with van der Waals surface area (Å²) in [6.45, 7) is 8.25. The van der Waals surface area contributed by atoms with Crippen LogP contribution in [-0.2, 0) is 33.5 Å². The lowest BCUT2D eigenvalue weighted by atomic mass is 10.0. The van der Waals surface area contributed by atoms with E-state index in [1.165, 1.54) is 10.3 Å². The number of esters is 1. The second-order valence-electron chi connectivity index (χ2n) is 14.7. The summed E-state index contributed by atoms with van der Waals surface area (Å²) in [6.07, 6.45) is -2.93. The number of hydrazine groups is 1. The minimum atomic E-state index is -1.84. The second-order valence-corrected chi connectivity index (χ2v) is 16.9. The fourth-order valence-corrected chi connectivity index (χ4v) is 8.57. The molecule has 4 heterocycles. The molecule has 6 rings (SSSR count). The van der Waals surface area contributed by atoms with Crippen molar-refractivity contribution in [2.75, 3.05) is 25.0 Å². The summed E-state index contributed by atoms with van der Waals surface area (Å²) < 4.78 is 11.3. The van der Waals surface area contributed by atoms with Gasteiger partial charge in [-0.25, -0.2) is 30.0 Å². The Kier molecular flexibility index (Phi) is 11.8. The number of nitrogens with zero attached hydrogens (tertiary/aromatic N) is 5. The Morgan fingerprint density at radius 2 is 1.65 bits per heavy atom. The van der Waals surface area contributed by atoms with Crippen LogP contribution in [0.4, 0.5) is 14.7 Å². The lowest BCUT2D eigenvalue weighted by Crippen LogP contribution is -2.68. The third-order valence-electron chi connectivity index (χ3n) is 9.04. The van der Waals surface area contributed by atoms with Crippen LogP contribution in [-0.4, -0.2) is 114 Å². The second kappa shape index (κ2) is 16.4. The van der Waals surface area contributed by atoms with Gasteiger partial charge in [0.15, 0.2) is 16.9 Å². The number of thiazole rings is 1. The molecule has 5 amide bonds. The van der Waals surface area contributed by atoms with Gasteiger partial charge in [0.2, 0.25) is 16.9 Å². The largest absolute Gasteiger partial charge is 0.479 e. The molecule has 0 saturated carbocycles. The Balaban J connectivity index is 1.26. The molecule has 0 radical (unpaired) electrons. The van der Waals surface area contributed by atoms with Gasteiger partial charge in [-0.05, 0) is 31.9 Å². The van der Waals surface area contributed by atoms with Gasteiger partial charge in [-0.2, -0.15) is 0 Å². The van der Waals surface area contributed by atoms with Crippen LogP contribution in [0.5, 0.6) is 0 Å². The van der Waals surface area contributed by atoms with E-state index in [0.717, 1.165) is 33.0 Å². The van der Waals surface area contributed by atoms with E-state index in [1.807, 2.05) is 60.7 Å². The number of amides is 5. The summed E-state index contributed by atoms with van der Waals surface area (Å²) in [4.78, 5) is 89.8. The number of carboxylic acid groups (broad SMARTS) is 1. The molecule has 3 aliphatic heterocycles. The van der Waals surface area contributed by atoms with E-state index in [-0.39, 0.29) is 30.5 Å². The van der Waals surface area contributed by atoms with Crippen LogP contribution in [0.2, 0.25) is 0 Å². The van der Waals surface area contributed by atoms with Gasteiger partial charge in [-0.1, -0.05) is 91.4 Å². The highest BCUT2D eigenvalue weighted by Crippen LogP contribution is 2.49. The Morgan fingerprint density at radius 3 is 2.19 bits per heavy atom. The smallest absolute Gasteiger partial charge is 0.413 e. The maximum Gasteiger partial charge on any atom is 0.413 e. The Bertz CT molecular complexity index is 2020. The van der Waals surface area contributed by atoms with Crippen molar-refractivity contribution in [3.05, 3.63) is 82.9 Å². The van der Waals surface area contributed by atoms with E-state index in [4.69, 9.17) is 20.2 Å². The third-order valence-corrected chi connectivity index (χ3v) is 11.5. The van der Waals surface area contributed by atoms with Gasteiger partial charge in [0.25, 0.3) is 5.91 Å². The van der Waals surface area contributed by atoms with E-state index in [1.54, 1.807) is 34.6 Å². The lowest BCUT2D eigenvalue weighted by molar-refractivity contribution is -0.164. The number of anilines is 1. The molecule has 18 nitrogen and oxygen atoms in total. The number of β-lactam (4-membered cyclic amide) rings is 1. The number of rotatable bonds is 13. The first kappa shape index (κ1) is 40.9. The molecule has 3 saturated heterocycles. The summed E-state index contributed by atoms with van der Waals surface area (Å²) in [7, 11) is 0. The molecule has 4 atom stereocenters. The molecule has 2 aromatic carbocycles.